The fraction of sp³-hybridized carbons (Fsp3) is 0.360. The number of aliphatic hydroxyl groups excluding tert-OH is 1. The number of carbonyl (C=O) groups is 2. The van der Waals surface area contributed by atoms with E-state index in [1.807, 2.05) is 37.3 Å². The number of nitrogens with zero attached hydrogens (tertiary/aromatic N) is 2. The van der Waals surface area contributed by atoms with Crippen LogP contribution in [-0.4, -0.2) is 72.6 Å². The minimum atomic E-state index is -0.684. The summed E-state index contributed by atoms with van der Waals surface area (Å²) in [6, 6.07) is 15.5. The number of aliphatic hydroxyl groups is 1. The summed E-state index contributed by atoms with van der Waals surface area (Å²) in [6.07, 6.45) is 0. The molecule has 2 saturated heterocycles. The Labute approximate surface area is 187 Å². The molecule has 0 spiro atoms. The van der Waals surface area contributed by atoms with Gasteiger partial charge in [0.2, 0.25) is 0 Å². The number of benzene rings is 2. The highest BCUT2D eigenvalue weighted by molar-refractivity contribution is 6.46. The van der Waals surface area contributed by atoms with Crippen molar-refractivity contribution in [3.05, 3.63) is 71.3 Å². The second kappa shape index (κ2) is 9.97. The van der Waals surface area contributed by atoms with E-state index in [1.54, 1.807) is 29.2 Å². The predicted octanol–water partition coefficient (Wildman–Crippen LogP) is 2.84. The third-order valence-corrected chi connectivity index (χ3v) is 5.83. The number of hydrogen-bond acceptors (Lipinski definition) is 6. The fourth-order valence-corrected chi connectivity index (χ4v) is 4.22. The zero-order valence-corrected chi connectivity index (χ0v) is 18.2. The molecule has 0 bridgehead atoms. The number of ketones is 1. The van der Waals surface area contributed by atoms with Crippen molar-refractivity contribution in [2.24, 2.45) is 0 Å². The first kappa shape index (κ1) is 22.0. The molecule has 0 saturated carbocycles. The van der Waals surface area contributed by atoms with E-state index in [2.05, 4.69) is 4.90 Å². The van der Waals surface area contributed by atoms with Gasteiger partial charge in [0.25, 0.3) is 11.7 Å². The topological polar surface area (TPSA) is 79.3 Å². The Morgan fingerprint density at radius 2 is 1.81 bits per heavy atom. The van der Waals surface area contributed by atoms with Crippen LogP contribution in [0.25, 0.3) is 5.76 Å². The minimum absolute atomic E-state index is 0.108. The van der Waals surface area contributed by atoms with E-state index in [0.717, 1.165) is 18.7 Å². The van der Waals surface area contributed by atoms with Crippen molar-refractivity contribution >= 4 is 17.4 Å². The highest BCUT2D eigenvalue weighted by Gasteiger charge is 2.46. The van der Waals surface area contributed by atoms with E-state index in [4.69, 9.17) is 9.47 Å². The number of Topliss-reactive ketones (excluding diaryl/α,β-unsaturated/α-hetero) is 1. The molecule has 0 aliphatic carbocycles. The standard InChI is InChI=1S/C25H28N2O5/c1-2-32-20-10-6-9-19(17-20)22-21(23(28)18-7-4-3-5-8-18)24(29)25(30)27(22)12-11-26-13-15-31-16-14-26/h3-10,17,22,28H,2,11-16H2,1H3. The largest absolute Gasteiger partial charge is 0.507 e. The van der Waals surface area contributed by atoms with Gasteiger partial charge < -0.3 is 19.5 Å². The predicted molar refractivity (Wildman–Crippen MR) is 120 cm³/mol. The molecule has 2 fully saturated rings. The molecule has 0 aromatic heterocycles. The van der Waals surface area contributed by atoms with Gasteiger partial charge in [0.1, 0.15) is 11.5 Å². The lowest BCUT2D eigenvalue weighted by Gasteiger charge is -2.31. The van der Waals surface area contributed by atoms with E-state index < -0.39 is 17.7 Å². The second-order valence-electron chi connectivity index (χ2n) is 7.82. The molecule has 2 aliphatic heterocycles. The molecule has 2 aromatic carbocycles. The van der Waals surface area contributed by atoms with Gasteiger partial charge in [-0.1, -0.05) is 42.5 Å². The van der Waals surface area contributed by atoms with Gasteiger partial charge in [-0.15, -0.1) is 0 Å². The van der Waals surface area contributed by atoms with Crippen molar-refractivity contribution in [2.45, 2.75) is 13.0 Å². The minimum Gasteiger partial charge on any atom is -0.507 e. The fourth-order valence-electron chi connectivity index (χ4n) is 4.22. The van der Waals surface area contributed by atoms with Gasteiger partial charge in [-0.25, -0.2) is 0 Å². The SMILES string of the molecule is CCOc1cccc(C2C(=C(O)c3ccccc3)C(=O)C(=O)N2CCN2CCOCC2)c1. The number of hydrogen-bond donors (Lipinski definition) is 1. The maximum atomic E-state index is 13.1. The number of amides is 1. The van der Waals surface area contributed by atoms with Crippen LogP contribution in [0.3, 0.4) is 0 Å². The maximum absolute atomic E-state index is 13.1. The Kier molecular flexibility index (Phi) is 6.87. The molecule has 1 N–H and O–H groups in total. The van der Waals surface area contributed by atoms with Gasteiger partial charge in [-0.2, -0.15) is 0 Å². The Bertz CT molecular complexity index is 998. The van der Waals surface area contributed by atoms with E-state index in [-0.39, 0.29) is 11.3 Å². The van der Waals surface area contributed by atoms with Gasteiger partial charge in [0.15, 0.2) is 0 Å². The van der Waals surface area contributed by atoms with Crippen LogP contribution in [0.4, 0.5) is 0 Å². The first-order chi connectivity index (χ1) is 15.6. The molecule has 4 rings (SSSR count). The van der Waals surface area contributed by atoms with Crippen molar-refractivity contribution in [2.75, 3.05) is 46.0 Å². The van der Waals surface area contributed by atoms with Gasteiger partial charge in [0.05, 0.1) is 31.4 Å². The third kappa shape index (κ3) is 4.54. The lowest BCUT2D eigenvalue weighted by Crippen LogP contribution is -2.42. The van der Waals surface area contributed by atoms with Gasteiger partial charge in [-0.05, 0) is 24.6 Å². The van der Waals surface area contributed by atoms with Gasteiger partial charge in [-0.3, -0.25) is 14.5 Å². The number of likely N-dealkylation sites (tertiary alicyclic amines) is 1. The van der Waals surface area contributed by atoms with Crippen LogP contribution in [-0.2, 0) is 14.3 Å². The molecule has 2 aliphatic rings. The van der Waals surface area contributed by atoms with Crippen molar-refractivity contribution in [3.63, 3.8) is 0 Å². The molecule has 7 nitrogen and oxygen atoms in total. The molecule has 168 valence electrons. The highest BCUT2D eigenvalue weighted by Crippen LogP contribution is 2.40. The summed E-state index contributed by atoms with van der Waals surface area (Å²) in [5.41, 5.74) is 1.34. The van der Waals surface area contributed by atoms with E-state index >= 15 is 0 Å². The van der Waals surface area contributed by atoms with Gasteiger partial charge >= 0.3 is 0 Å². The zero-order valence-electron chi connectivity index (χ0n) is 18.2. The van der Waals surface area contributed by atoms with Crippen molar-refractivity contribution in [3.8, 4) is 5.75 Å². The highest BCUT2D eigenvalue weighted by atomic mass is 16.5. The molecule has 1 unspecified atom stereocenters. The smallest absolute Gasteiger partial charge is 0.295 e. The molecule has 7 heteroatoms. The van der Waals surface area contributed by atoms with Crippen LogP contribution in [0.5, 0.6) is 5.75 Å². The van der Waals surface area contributed by atoms with Crippen LogP contribution >= 0.6 is 0 Å². The quantitative estimate of drug-likeness (QED) is 0.409. The van der Waals surface area contributed by atoms with E-state index in [9.17, 15) is 14.7 Å². The van der Waals surface area contributed by atoms with Crippen LogP contribution in [0.2, 0.25) is 0 Å². The Morgan fingerprint density at radius 1 is 1.06 bits per heavy atom. The van der Waals surface area contributed by atoms with Crippen LogP contribution in [0.1, 0.15) is 24.1 Å². The molecule has 2 heterocycles. The molecule has 0 radical (unpaired) electrons. The van der Waals surface area contributed by atoms with Crippen molar-refractivity contribution in [1.29, 1.82) is 0 Å². The Morgan fingerprint density at radius 3 is 2.53 bits per heavy atom. The molecule has 32 heavy (non-hydrogen) atoms. The zero-order chi connectivity index (χ0) is 22.5. The average molecular weight is 437 g/mol. The van der Waals surface area contributed by atoms with Crippen molar-refractivity contribution in [1.82, 2.24) is 9.80 Å². The second-order valence-corrected chi connectivity index (χ2v) is 7.82. The maximum Gasteiger partial charge on any atom is 0.295 e. The lowest BCUT2D eigenvalue weighted by molar-refractivity contribution is -0.140. The number of carbonyl (C=O) groups excluding carboxylic acids is 2. The van der Waals surface area contributed by atoms with Crippen molar-refractivity contribution < 1.29 is 24.2 Å². The summed E-state index contributed by atoms with van der Waals surface area (Å²) in [7, 11) is 0. The lowest BCUT2D eigenvalue weighted by atomic mass is 9.95. The third-order valence-electron chi connectivity index (χ3n) is 5.83. The van der Waals surface area contributed by atoms with Crippen LogP contribution in [0.15, 0.2) is 60.2 Å². The summed E-state index contributed by atoms with van der Waals surface area (Å²) < 4.78 is 11.0. The monoisotopic (exact) mass is 436 g/mol. The first-order valence-corrected chi connectivity index (χ1v) is 11.0. The summed E-state index contributed by atoms with van der Waals surface area (Å²) in [5.74, 6) is -0.768. The number of rotatable bonds is 7. The first-order valence-electron chi connectivity index (χ1n) is 11.0. The van der Waals surface area contributed by atoms with Gasteiger partial charge in [0, 0.05) is 31.7 Å². The summed E-state index contributed by atoms with van der Waals surface area (Å²) in [4.78, 5) is 30.0. The van der Waals surface area contributed by atoms with E-state index in [1.165, 1.54) is 0 Å². The Balaban J connectivity index is 1.73. The number of ether oxygens (including phenoxy) is 2. The molecular formula is C25H28N2O5. The summed E-state index contributed by atoms with van der Waals surface area (Å²) in [6.45, 7) is 6.31. The Hall–Kier alpha value is -3.16. The molecule has 1 amide bonds. The van der Waals surface area contributed by atoms with E-state index in [0.29, 0.717) is 44.2 Å². The summed E-state index contributed by atoms with van der Waals surface area (Å²) >= 11 is 0. The normalized spacial score (nSPS) is 21.2. The number of morpholine rings is 1. The molecule has 1 atom stereocenters. The summed E-state index contributed by atoms with van der Waals surface area (Å²) in [5, 5.41) is 11.1. The molecular weight excluding hydrogens is 408 g/mol. The van der Waals surface area contributed by atoms with Crippen LogP contribution < -0.4 is 4.74 Å². The molecule has 2 aromatic rings. The average Bonchev–Trinajstić information content (AvgIpc) is 3.09. The van der Waals surface area contributed by atoms with Crippen LogP contribution in [0, 0.1) is 0 Å².